The molecule has 0 fully saturated rings. The maximum atomic E-state index is 6.09. The Labute approximate surface area is 105 Å². The predicted molar refractivity (Wildman–Crippen MR) is 67.6 cm³/mol. The molecule has 0 unspecified atom stereocenters. The van der Waals surface area contributed by atoms with Crippen LogP contribution in [0.5, 0.6) is 0 Å². The highest BCUT2D eigenvalue weighted by molar-refractivity contribution is 6.36. The minimum atomic E-state index is 0.224. The van der Waals surface area contributed by atoms with Crippen molar-refractivity contribution in [3.05, 3.63) is 33.8 Å². The van der Waals surface area contributed by atoms with Crippen molar-refractivity contribution in [2.45, 2.75) is 19.9 Å². The molecule has 86 valence electrons. The van der Waals surface area contributed by atoms with E-state index in [-0.39, 0.29) is 6.04 Å². The van der Waals surface area contributed by atoms with Gasteiger partial charge in [-0.05, 0) is 24.1 Å². The van der Waals surface area contributed by atoms with Crippen molar-refractivity contribution in [2.75, 3.05) is 6.61 Å². The first-order valence-electron chi connectivity index (χ1n) is 5.24. The molecule has 1 atom stereocenters. The molecule has 0 aromatic heterocycles. The van der Waals surface area contributed by atoms with E-state index >= 15 is 0 Å². The Morgan fingerprint density at radius 3 is 2.69 bits per heavy atom. The van der Waals surface area contributed by atoms with Gasteiger partial charge in [-0.3, -0.25) is 0 Å². The number of nitrogens with zero attached hydrogens (tertiary/aromatic N) is 1. The number of benzene rings is 1. The first kappa shape index (κ1) is 11.7. The SMILES string of the molecule is CC(C)[C@H]1COC(c2ccc(Cl)cc2Cl)=N1. The van der Waals surface area contributed by atoms with E-state index in [1.54, 1.807) is 12.1 Å². The molecule has 1 aliphatic heterocycles. The Hall–Kier alpha value is -0.730. The number of hydrogen-bond acceptors (Lipinski definition) is 2. The van der Waals surface area contributed by atoms with Crippen LogP contribution in [0.15, 0.2) is 23.2 Å². The molecule has 2 rings (SSSR count). The number of aliphatic imine (C=N–C) groups is 1. The summed E-state index contributed by atoms with van der Waals surface area (Å²) in [5.41, 5.74) is 0.814. The van der Waals surface area contributed by atoms with Crippen LogP contribution in [0.1, 0.15) is 19.4 Å². The quantitative estimate of drug-likeness (QED) is 0.790. The van der Waals surface area contributed by atoms with Gasteiger partial charge in [0.2, 0.25) is 5.90 Å². The van der Waals surface area contributed by atoms with Crippen LogP contribution >= 0.6 is 23.2 Å². The van der Waals surface area contributed by atoms with Crippen LogP contribution in [0.2, 0.25) is 10.0 Å². The fourth-order valence-corrected chi connectivity index (χ4v) is 2.03. The average Bonchev–Trinajstić information content (AvgIpc) is 2.66. The number of hydrogen-bond donors (Lipinski definition) is 0. The number of rotatable bonds is 2. The molecule has 1 heterocycles. The van der Waals surface area contributed by atoms with Gasteiger partial charge in [0.15, 0.2) is 0 Å². The third-order valence-electron chi connectivity index (χ3n) is 2.60. The topological polar surface area (TPSA) is 21.6 Å². The molecule has 0 aliphatic carbocycles. The summed E-state index contributed by atoms with van der Waals surface area (Å²) in [6, 6.07) is 5.55. The normalized spacial score (nSPS) is 19.8. The second-order valence-electron chi connectivity index (χ2n) is 4.18. The third-order valence-corrected chi connectivity index (χ3v) is 3.15. The molecule has 0 saturated carbocycles. The van der Waals surface area contributed by atoms with Crippen LogP contribution in [0, 0.1) is 5.92 Å². The number of ether oxygens (including phenoxy) is 1. The molecule has 0 saturated heterocycles. The highest BCUT2D eigenvalue weighted by Crippen LogP contribution is 2.25. The smallest absolute Gasteiger partial charge is 0.218 e. The molecule has 0 bridgehead atoms. The lowest BCUT2D eigenvalue weighted by Gasteiger charge is -2.06. The average molecular weight is 258 g/mol. The van der Waals surface area contributed by atoms with Crippen LogP contribution in [0.4, 0.5) is 0 Å². The van der Waals surface area contributed by atoms with Gasteiger partial charge in [0.25, 0.3) is 0 Å². The van der Waals surface area contributed by atoms with Crippen LogP contribution in [-0.2, 0) is 4.74 Å². The van der Waals surface area contributed by atoms with E-state index in [9.17, 15) is 0 Å². The fourth-order valence-electron chi connectivity index (χ4n) is 1.54. The van der Waals surface area contributed by atoms with Crippen molar-refractivity contribution in [3.63, 3.8) is 0 Å². The van der Waals surface area contributed by atoms with Gasteiger partial charge >= 0.3 is 0 Å². The summed E-state index contributed by atoms with van der Waals surface area (Å²) in [5, 5.41) is 1.20. The Kier molecular flexibility index (Phi) is 3.41. The Bertz CT molecular complexity index is 429. The van der Waals surface area contributed by atoms with Crippen molar-refractivity contribution in [3.8, 4) is 0 Å². The lowest BCUT2D eigenvalue weighted by atomic mass is 10.1. The summed E-state index contributed by atoms with van der Waals surface area (Å²) in [7, 11) is 0. The maximum absolute atomic E-state index is 6.09. The van der Waals surface area contributed by atoms with E-state index in [1.807, 2.05) is 6.07 Å². The second kappa shape index (κ2) is 4.64. The van der Waals surface area contributed by atoms with Gasteiger partial charge in [-0.25, -0.2) is 4.99 Å². The van der Waals surface area contributed by atoms with E-state index < -0.39 is 0 Å². The lowest BCUT2D eigenvalue weighted by Crippen LogP contribution is -2.13. The zero-order valence-electron chi connectivity index (χ0n) is 9.21. The van der Waals surface area contributed by atoms with Crippen molar-refractivity contribution in [1.29, 1.82) is 0 Å². The summed E-state index contributed by atoms with van der Waals surface area (Å²) < 4.78 is 5.56. The minimum absolute atomic E-state index is 0.224. The first-order valence-corrected chi connectivity index (χ1v) is 5.99. The fraction of sp³-hybridized carbons (Fsp3) is 0.417. The van der Waals surface area contributed by atoms with Gasteiger partial charge in [0.1, 0.15) is 6.61 Å². The van der Waals surface area contributed by atoms with Crippen molar-refractivity contribution in [2.24, 2.45) is 10.9 Å². The molecule has 0 radical (unpaired) electrons. The van der Waals surface area contributed by atoms with Gasteiger partial charge in [0.05, 0.1) is 16.6 Å². The van der Waals surface area contributed by atoms with Gasteiger partial charge < -0.3 is 4.74 Å². The minimum Gasteiger partial charge on any atom is -0.475 e. The zero-order chi connectivity index (χ0) is 11.7. The molecule has 16 heavy (non-hydrogen) atoms. The molecule has 1 aromatic rings. The maximum Gasteiger partial charge on any atom is 0.218 e. The molecule has 0 N–H and O–H groups in total. The summed E-state index contributed by atoms with van der Waals surface area (Å²) in [6.07, 6.45) is 0. The Balaban J connectivity index is 2.29. The highest BCUT2D eigenvalue weighted by Gasteiger charge is 2.23. The third kappa shape index (κ3) is 2.33. The van der Waals surface area contributed by atoms with E-state index in [0.29, 0.717) is 28.5 Å². The second-order valence-corrected chi connectivity index (χ2v) is 5.02. The predicted octanol–water partition coefficient (Wildman–Crippen LogP) is 3.79. The van der Waals surface area contributed by atoms with E-state index in [2.05, 4.69) is 18.8 Å². The van der Waals surface area contributed by atoms with E-state index in [0.717, 1.165) is 5.56 Å². The van der Waals surface area contributed by atoms with Crippen LogP contribution in [0.3, 0.4) is 0 Å². The molecular formula is C12H13Cl2NO. The zero-order valence-corrected chi connectivity index (χ0v) is 10.7. The Morgan fingerprint density at radius 1 is 1.38 bits per heavy atom. The molecule has 1 aromatic carbocycles. The summed E-state index contributed by atoms with van der Waals surface area (Å²) in [4.78, 5) is 4.52. The molecule has 4 heteroatoms. The molecule has 1 aliphatic rings. The van der Waals surface area contributed by atoms with E-state index in [1.165, 1.54) is 0 Å². The van der Waals surface area contributed by atoms with Crippen LogP contribution in [0.25, 0.3) is 0 Å². The van der Waals surface area contributed by atoms with Crippen molar-refractivity contribution < 1.29 is 4.74 Å². The monoisotopic (exact) mass is 257 g/mol. The van der Waals surface area contributed by atoms with Crippen molar-refractivity contribution in [1.82, 2.24) is 0 Å². The Morgan fingerprint density at radius 2 is 2.12 bits per heavy atom. The summed E-state index contributed by atoms with van der Waals surface area (Å²) in [6.45, 7) is 4.89. The first-order chi connectivity index (χ1) is 7.58. The highest BCUT2D eigenvalue weighted by atomic mass is 35.5. The van der Waals surface area contributed by atoms with Crippen LogP contribution in [-0.4, -0.2) is 18.5 Å². The van der Waals surface area contributed by atoms with E-state index in [4.69, 9.17) is 27.9 Å². The van der Waals surface area contributed by atoms with Crippen molar-refractivity contribution >= 4 is 29.1 Å². The van der Waals surface area contributed by atoms with Gasteiger partial charge in [0, 0.05) is 5.02 Å². The van der Waals surface area contributed by atoms with Crippen LogP contribution < -0.4 is 0 Å². The molecule has 2 nitrogen and oxygen atoms in total. The summed E-state index contributed by atoms with van der Waals surface area (Å²) >= 11 is 11.9. The van der Waals surface area contributed by atoms with Gasteiger partial charge in [-0.15, -0.1) is 0 Å². The van der Waals surface area contributed by atoms with Gasteiger partial charge in [-0.1, -0.05) is 37.0 Å². The molecule has 0 amide bonds. The molecular weight excluding hydrogens is 245 g/mol. The van der Waals surface area contributed by atoms with Gasteiger partial charge in [-0.2, -0.15) is 0 Å². The number of halogens is 2. The summed E-state index contributed by atoms with van der Waals surface area (Å²) in [5.74, 6) is 1.10. The molecule has 0 spiro atoms. The standard InChI is InChI=1S/C12H13Cl2NO/c1-7(2)11-6-16-12(15-11)9-4-3-8(13)5-10(9)14/h3-5,7,11H,6H2,1-2H3/t11-/m1/s1. The lowest BCUT2D eigenvalue weighted by molar-refractivity contribution is 0.292. The largest absolute Gasteiger partial charge is 0.475 e.